The fourth-order valence-electron chi connectivity index (χ4n) is 3.30. The summed E-state index contributed by atoms with van der Waals surface area (Å²) in [6.07, 6.45) is 0.682. The van der Waals surface area contributed by atoms with Crippen LogP contribution >= 0.6 is 0 Å². The van der Waals surface area contributed by atoms with Gasteiger partial charge in [-0.25, -0.2) is 0 Å². The Hall–Kier alpha value is -1.88. The highest BCUT2D eigenvalue weighted by molar-refractivity contribution is 5.99. The van der Waals surface area contributed by atoms with Crippen LogP contribution in [0.1, 0.15) is 17.5 Å². The van der Waals surface area contributed by atoms with Gasteiger partial charge in [0.1, 0.15) is 0 Å². The van der Waals surface area contributed by atoms with Crippen LogP contribution in [-0.4, -0.2) is 54.8 Å². The van der Waals surface area contributed by atoms with E-state index in [4.69, 9.17) is 0 Å². The van der Waals surface area contributed by atoms with E-state index < -0.39 is 0 Å². The molecule has 23 heavy (non-hydrogen) atoms. The molecule has 1 aromatic carbocycles. The second-order valence-corrected chi connectivity index (χ2v) is 6.94. The lowest BCUT2D eigenvalue weighted by molar-refractivity contribution is -0.135. The van der Waals surface area contributed by atoms with Gasteiger partial charge in [-0.15, -0.1) is 0 Å². The Morgan fingerprint density at radius 1 is 1.00 bits per heavy atom. The van der Waals surface area contributed by atoms with E-state index in [0.717, 1.165) is 43.0 Å². The molecule has 5 heteroatoms. The monoisotopic (exact) mass is 315 g/mol. The van der Waals surface area contributed by atoms with Gasteiger partial charge in [-0.1, -0.05) is 6.07 Å². The molecule has 0 bridgehead atoms. The average molecular weight is 315 g/mol. The molecule has 0 aromatic heterocycles. The number of aryl methyl sites for hydroxylation is 2. The Balaban J connectivity index is 1.55. The normalized spacial score (nSPS) is 24.4. The van der Waals surface area contributed by atoms with Gasteiger partial charge >= 0.3 is 0 Å². The second-order valence-electron chi connectivity index (χ2n) is 6.94. The number of benzene rings is 1. The van der Waals surface area contributed by atoms with Gasteiger partial charge < -0.3 is 15.1 Å². The lowest BCUT2D eigenvalue weighted by atomic mass is 10.1. The van der Waals surface area contributed by atoms with Crippen LogP contribution in [-0.2, 0) is 9.59 Å². The summed E-state index contributed by atoms with van der Waals surface area (Å²) in [6, 6.07) is 6.00. The maximum Gasteiger partial charge on any atom is 0.228 e. The number of rotatable bonds is 3. The third-order valence-corrected chi connectivity index (χ3v) is 4.75. The number of carbonyl (C=O) groups excluding carboxylic acids is 2. The van der Waals surface area contributed by atoms with Crippen molar-refractivity contribution in [3.05, 3.63) is 29.3 Å². The van der Waals surface area contributed by atoms with Gasteiger partial charge in [-0.2, -0.15) is 0 Å². The molecule has 2 amide bonds. The maximum atomic E-state index is 12.5. The lowest BCUT2D eigenvalue weighted by Crippen LogP contribution is -2.48. The first-order valence-electron chi connectivity index (χ1n) is 8.30. The van der Waals surface area contributed by atoms with Crippen LogP contribution in [0.25, 0.3) is 0 Å². The van der Waals surface area contributed by atoms with E-state index in [2.05, 4.69) is 23.3 Å². The Bertz CT molecular complexity index is 600. The summed E-state index contributed by atoms with van der Waals surface area (Å²) < 4.78 is 0. The number of anilines is 1. The van der Waals surface area contributed by atoms with Crippen LogP contribution in [0.15, 0.2) is 18.2 Å². The van der Waals surface area contributed by atoms with Gasteiger partial charge in [-0.05, 0) is 50.6 Å². The van der Waals surface area contributed by atoms with Crippen molar-refractivity contribution in [2.75, 3.05) is 38.5 Å². The molecule has 124 valence electrons. The molecule has 1 saturated heterocycles. The lowest BCUT2D eigenvalue weighted by Gasteiger charge is -2.32. The molecule has 3 rings (SSSR count). The Morgan fingerprint density at radius 3 is 2.22 bits per heavy atom. The summed E-state index contributed by atoms with van der Waals surface area (Å²) in [7, 11) is 2.07. The molecule has 0 spiro atoms. The molecule has 0 radical (unpaired) electrons. The van der Waals surface area contributed by atoms with Crippen molar-refractivity contribution in [2.45, 2.75) is 20.3 Å². The predicted octanol–water partition coefficient (Wildman–Crippen LogP) is 1.65. The molecule has 5 nitrogen and oxygen atoms in total. The maximum absolute atomic E-state index is 12.5. The topological polar surface area (TPSA) is 52.7 Å². The van der Waals surface area contributed by atoms with E-state index in [-0.39, 0.29) is 23.7 Å². The van der Waals surface area contributed by atoms with Crippen LogP contribution in [0.4, 0.5) is 5.69 Å². The first kappa shape index (κ1) is 16.0. The molecule has 1 aliphatic heterocycles. The fraction of sp³-hybridized carbons (Fsp3) is 0.556. The highest BCUT2D eigenvalue weighted by atomic mass is 16.2. The number of nitrogens with zero attached hydrogens (tertiary/aromatic N) is 2. The van der Waals surface area contributed by atoms with Gasteiger partial charge in [0.15, 0.2) is 0 Å². The Morgan fingerprint density at radius 2 is 1.61 bits per heavy atom. The predicted molar refractivity (Wildman–Crippen MR) is 90.2 cm³/mol. The smallest absolute Gasteiger partial charge is 0.228 e. The van der Waals surface area contributed by atoms with Gasteiger partial charge in [-0.3, -0.25) is 9.59 Å². The molecule has 1 heterocycles. The summed E-state index contributed by atoms with van der Waals surface area (Å²) in [6.45, 7) is 7.41. The van der Waals surface area contributed by atoms with E-state index in [1.54, 1.807) is 0 Å². The molecular weight excluding hydrogens is 290 g/mol. The number of piperazine rings is 1. The van der Waals surface area contributed by atoms with Crippen molar-refractivity contribution in [1.82, 2.24) is 9.80 Å². The third-order valence-electron chi connectivity index (χ3n) is 4.75. The molecule has 1 N–H and O–H groups in total. The molecule has 1 aromatic rings. The zero-order chi connectivity index (χ0) is 16.6. The van der Waals surface area contributed by atoms with Gasteiger partial charge in [0.05, 0.1) is 11.8 Å². The number of carbonyl (C=O) groups is 2. The minimum atomic E-state index is -0.164. The number of likely N-dealkylation sites (N-methyl/N-ethyl adjacent to an activating group) is 1. The van der Waals surface area contributed by atoms with Crippen molar-refractivity contribution < 1.29 is 9.59 Å². The Kier molecular flexibility index (Phi) is 4.39. The molecule has 2 fully saturated rings. The molecule has 1 saturated carbocycles. The van der Waals surface area contributed by atoms with Gasteiger partial charge in [0.25, 0.3) is 0 Å². The largest absolute Gasteiger partial charge is 0.340 e. The van der Waals surface area contributed by atoms with Crippen LogP contribution in [0, 0.1) is 25.7 Å². The van der Waals surface area contributed by atoms with Crippen molar-refractivity contribution >= 4 is 17.5 Å². The molecule has 2 atom stereocenters. The molecule has 2 aliphatic rings. The first-order chi connectivity index (χ1) is 10.9. The van der Waals surface area contributed by atoms with Gasteiger partial charge in [0.2, 0.25) is 11.8 Å². The van der Waals surface area contributed by atoms with Crippen LogP contribution in [0.2, 0.25) is 0 Å². The zero-order valence-electron chi connectivity index (χ0n) is 14.1. The van der Waals surface area contributed by atoms with E-state index in [9.17, 15) is 9.59 Å². The molecule has 1 aliphatic carbocycles. The highest BCUT2D eigenvalue weighted by Crippen LogP contribution is 2.41. The highest BCUT2D eigenvalue weighted by Gasteiger charge is 2.49. The van der Waals surface area contributed by atoms with Crippen molar-refractivity contribution in [3.63, 3.8) is 0 Å². The van der Waals surface area contributed by atoms with E-state index in [1.807, 2.05) is 30.9 Å². The molecular formula is C18H25N3O2. The summed E-state index contributed by atoms with van der Waals surface area (Å²) >= 11 is 0. The Labute approximate surface area is 137 Å². The van der Waals surface area contributed by atoms with Crippen molar-refractivity contribution in [3.8, 4) is 0 Å². The second kappa shape index (κ2) is 6.32. The number of hydrogen-bond donors (Lipinski definition) is 1. The molecule has 2 unspecified atom stereocenters. The van der Waals surface area contributed by atoms with Crippen LogP contribution < -0.4 is 5.32 Å². The first-order valence-corrected chi connectivity index (χ1v) is 8.30. The van der Waals surface area contributed by atoms with E-state index in [1.165, 1.54) is 0 Å². The van der Waals surface area contributed by atoms with E-state index >= 15 is 0 Å². The summed E-state index contributed by atoms with van der Waals surface area (Å²) in [5.74, 6) is -0.159. The number of nitrogens with one attached hydrogen (secondary N) is 1. The summed E-state index contributed by atoms with van der Waals surface area (Å²) in [5, 5.41) is 2.96. The van der Waals surface area contributed by atoms with Crippen LogP contribution in [0.5, 0.6) is 0 Å². The van der Waals surface area contributed by atoms with E-state index in [0.29, 0.717) is 6.42 Å². The van der Waals surface area contributed by atoms with Crippen LogP contribution in [0.3, 0.4) is 0 Å². The number of hydrogen-bond acceptors (Lipinski definition) is 3. The van der Waals surface area contributed by atoms with Crippen molar-refractivity contribution in [2.24, 2.45) is 11.8 Å². The quantitative estimate of drug-likeness (QED) is 0.923. The summed E-state index contributed by atoms with van der Waals surface area (Å²) in [5.41, 5.74) is 3.08. The minimum absolute atomic E-state index is 0.0255. The number of amides is 2. The summed E-state index contributed by atoms with van der Waals surface area (Å²) in [4.78, 5) is 29.0. The zero-order valence-corrected chi connectivity index (χ0v) is 14.1. The standard InChI is InChI=1S/C18H25N3O2/c1-12-8-13(2)10-14(9-12)19-17(22)15-11-16(15)18(23)21-6-4-20(3)5-7-21/h8-10,15-16H,4-7,11H2,1-3H3,(H,19,22). The fourth-order valence-corrected chi connectivity index (χ4v) is 3.30. The van der Waals surface area contributed by atoms with Gasteiger partial charge in [0, 0.05) is 31.9 Å². The average Bonchev–Trinajstić information content (AvgIpc) is 3.26. The van der Waals surface area contributed by atoms with Crippen molar-refractivity contribution in [1.29, 1.82) is 0 Å². The minimum Gasteiger partial charge on any atom is -0.340 e. The SMILES string of the molecule is Cc1cc(C)cc(NC(=O)C2CC2C(=O)N2CCN(C)CC2)c1. The third kappa shape index (κ3) is 3.72.